The van der Waals surface area contributed by atoms with E-state index >= 15 is 0 Å². The Balaban J connectivity index is 0.000000126. The SMILES string of the molecule is CCC(Nc1ncnc2nc[nH]c12)c1cc2cccc(C)c2c(=O)n1-c1ccccc1.Cc1cccc2cc(C(C)Nc3ncnc4nc[nH]c34)n(-c3ccc(F)cc3)c(=O)c12.Cc1cccc2cc(C(C)Nc3ncnc4nc[nH]c34)n(-c3ccccc3)c(=O)c12. The van der Waals surface area contributed by atoms with Crippen molar-refractivity contribution in [2.75, 3.05) is 16.0 Å². The molecule has 0 bridgehead atoms. The first kappa shape index (κ1) is 58.9. The number of imidazole rings is 3. The fraction of sp³-hybridized carbons (Fsp3) is 0.143. The number of aryl methyl sites for hydroxylation is 3. The molecular formula is C70H61FN18O3. The molecule has 0 saturated heterocycles. The number of hydrogen-bond acceptors (Lipinski definition) is 15. The second-order valence-corrected chi connectivity index (χ2v) is 22.2. The number of aromatic nitrogens is 15. The standard InChI is InChI=1S/C24H22N6O.C23H19FN6O.C23H20N6O/c1-3-18(29-23-21-22(26-13-25-21)27-14-28-23)19-12-16-9-7-8-15(2)20(16)24(31)30(19)17-10-5-4-6-11-17;1-13-4-3-5-15-10-18(14(2)29-22-20-21(26-11-25-20)27-12-28-22)30(23(31)19(13)15)17-8-6-16(24)7-9-17;1-14-7-6-8-16-11-18(29(23(30)19(14)16)17-9-4-3-5-10-17)15(2)28-22-20-21(25-12-24-20)26-13-27-22/h4-14,18H,3H2,1-2H3,(H2,25,26,27,28,29);3-12,14H,1-2H3,(H2,25,26,27,28,29);3-13,15H,1-2H3,(H2,24,25,26,27,28). The lowest BCUT2D eigenvalue weighted by Crippen LogP contribution is -2.27. The van der Waals surface area contributed by atoms with Gasteiger partial charge in [0.05, 0.1) is 53.3 Å². The van der Waals surface area contributed by atoms with Crippen molar-refractivity contribution in [1.29, 1.82) is 0 Å². The maximum absolute atomic E-state index is 13.7. The van der Waals surface area contributed by atoms with Crippen LogP contribution in [0.1, 0.15) is 79.1 Å². The van der Waals surface area contributed by atoms with Crippen LogP contribution in [0, 0.1) is 26.6 Å². The molecule has 0 amide bonds. The van der Waals surface area contributed by atoms with Crippen LogP contribution >= 0.6 is 0 Å². The number of halogens is 1. The van der Waals surface area contributed by atoms with E-state index in [1.165, 1.54) is 31.1 Å². The van der Waals surface area contributed by atoms with Crippen LogP contribution < -0.4 is 32.6 Å². The molecule has 0 saturated carbocycles. The van der Waals surface area contributed by atoms with Gasteiger partial charge in [-0.2, -0.15) is 0 Å². The molecule has 6 N–H and O–H groups in total. The number of rotatable bonds is 13. The zero-order valence-electron chi connectivity index (χ0n) is 50.9. The van der Waals surface area contributed by atoms with E-state index < -0.39 is 0 Å². The van der Waals surface area contributed by atoms with E-state index in [-0.39, 0.29) is 40.6 Å². The molecule has 0 aliphatic rings. The molecule has 15 rings (SSSR count). The molecule has 0 radical (unpaired) electrons. The van der Waals surface area contributed by atoms with Crippen LogP contribution in [0.5, 0.6) is 0 Å². The van der Waals surface area contributed by atoms with Crippen LogP contribution in [-0.2, 0) is 0 Å². The molecular weight excluding hydrogens is 1160 g/mol. The molecule has 9 heterocycles. The number of anilines is 3. The van der Waals surface area contributed by atoms with Crippen molar-refractivity contribution in [3.05, 3.63) is 266 Å². The quantitative estimate of drug-likeness (QED) is 0.0627. The first-order valence-electron chi connectivity index (χ1n) is 29.9. The van der Waals surface area contributed by atoms with Gasteiger partial charge in [-0.3, -0.25) is 28.1 Å². The third-order valence-corrected chi connectivity index (χ3v) is 16.3. The van der Waals surface area contributed by atoms with Crippen LogP contribution in [0.2, 0.25) is 0 Å². The normalized spacial score (nSPS) is 12.3. The summed E-state index contributed by atoms with van der Waals surface area (Å²) < 4.78 is 18.8. The van der Waals surface area contributed by atoms with E-state index in [1.807, 2.05) is 161 Å². The summed E-state index contributed by atoms with van der Waals surface area (Å²) in [6, 6.07) is 48.5. The summed E-state index contributed by atoms with van der Waals surface area (Å²) in [5, 5.41) is 15.1. The van der Waals surface area contributed by atoms with E-state index in [0.29, 0.717) is 51.0 Å². The fourth-order valence-corrected chi connectivity index (χ4v) is 11.8. The largest absolute Gasteiger partial charge is 0.360 e. The molecule has 0 aliphatic heterocycles. The lowest BCUT2D eigenvalue weighted by atomic mass is 10.0. The molecule has 15 aromatic rings. The Hall–Kier alpha value is -12.1. The van der Waals surface area contributed by atoms with E-state index in [0.717, 1.165) is 89.5 Å². The second-order valence-electron chi connectivity index (χ2n) is 22.2. The van der Waals surface area contributed by atoms with Crippen molar-refractivity contribution < 1.29 is 4.39 Å². The highest BCUT2D eigenvalue weighted by Gasteiger charge is 2.24. The Morgan fingerprint density at radius 1 is 0.413 bits per heavy atom. The lowest BCUT2D eigenvalue weighted by Gasteiger charge is -2.23. The zero-order chi connectivity index (χ0) is 63.6. The number of para-hydroxylation sites is 2. The van der Waals surface area contributed by atoms with Crippen LogP contribution in [0.4, 0.5) is 21.8 Å². The van der Waals surface area contributed by atoms with Gasteiger partial charge in [-0.15, -0.1) is 0 Å². The minimum Gasteiger partial charge on any atom is -0.360 e. The van der Waals surface area contributed by atoms with Crippen LogP contribution in [0.25, 0.3) is 82.9 Å². The highest BCUT2D eigenvalue weighted by molar-refractivity contribution is 5.89. The minimum atomic E-state index is -0.357. The Bertz CT molecular complexity index is 5390. The molecule has 3 atom stereocenters. The highest BCUT2D eigenvalue weighted by atomic mass is 19.1. The third-order valence-electron chi connectivity index (χ3n) is 16.3. The summed E-state index contributed by atoms with van der Waals surface area (Å²) in [6.45, 7) is 11.9. The summed E-state index contributed by atoms with van der Waals surface area (Å²) >= 11 is 0. The van der Waals surface area contributed by atoms with E-state index in [1.54, 1.807) is 40.2 Å². The monoisotopic (exact) mass is 1220 g/mol. The molecule has 21 nitrogen and oxygen atoms in total. The van der Waals surface area contributed by atoms with Gasteiger partial charge in [-0.25, -0.2) is 49.2 Å². The summed E-state index contributed by atoms with van der Waals surface area (Å²) in [5.41, 5.74) is 11.2. The Morgan fingerprint density at radius 2 is 0.761 bits per heavy atom. The summed E-state index contributed by atoms with van der Waals surface area (Å²) in [4.78, 5) is 88.2. The Kier molecular flexibility index (Phi) is 16.1. The van der Waals surface area contributed by atoms with E-state index in [9.17, 15) is 18.8 Å². The number of nitrogens with one attached hydrogen (secondary N) is 6. The second kappa shape index (κ2) is 25.2. The molecule has 456 valence electrons. The minimum absolute atomic E-state index is 0.0218. The summed E-state index contributed by atoms with van der Waals surface area (Å²) in [7, 11) is 0. The average molecular weight is 1220 g/mol. The number of benzene rings is 6. The predicted octanol–water partition coefficient (Wildman–Crippen LogP) is 12.9. The first-order chi connectivity index (χ1) is 44.8. The van der Waals surface area contributed by atoms with Gasteiger partial charge in [0.25, 0.3) is 16.7 Å². The van der Waals surface area contributed by atoms with Gasteiger partial charge < -0.3 is 30.9 Å². The zero-order valence-corrected chi connectivity index (χ0v) is 50.9. The van der Waals surface area contributed by atoms with Gasteiger partial charge in [0, 0.05) is 34.1 Å². The molecule has 0 aliphatic carbocycles. The number of nitrogens with zero attached hydrogens (tertiary/aromatic N) is 12. The predicted molar refractivity (Wildman–Crippen MR) is 359 cm³/mol. The third kappa shape index (κ3) is 11.3. The highest BCUT2D eigenvalue weighted by Crippen LogP contribution is 2.32. The summed E-state index contributed by atoms with van der Waals surface area (Å²) in [6.07, 6.45) is 9.91. The molecule has 0 fully saturated rings. The Morgan fingerprint density at radius 3 is 1.14 bits per heavy atom. The van der Waals surface area contributed by atoms with Crippen molar-refractivity contribution in [1.82, 2.24) is 73.5 Å². The van der Waals surface area contributed by atoms with Gasteiger partial charge in [0.15, 0.2) is 34.4 Å². The van der Waals surface area contributed by atoms with Gasteiger partial charge in [-0.05, 0) is 141 Å². The summed E-state index contributed by atoms with van der Waals surface area (Å²) in [5.74, 6) is 1.52. The first-order valence-corrected chi connectivity index (χ1v) is 29.9. The van der Waals surface area contributed by atoms with Crippen molar-refractivity contribution in [2.45, 2.75) is 66.1 Å². The average Bonchev–Trinajstić information content (AvgIpc) is 0.908. The molecule has 9 aromatic heterocycles. The van der Waals surface area contributed by atoms with Crippen molar-refractivity contribution in [3.63, 3.8) is 0 Å². The number of pyridine rings is 3. The van der Waals surface area contributed by atoms with Crippen LogP contribution in [-0.4, -0.2) is 73.5 Å². The molecule has 22 heteroatoms. The Labute approximate surface area is 524 Å². The van der Waals surface area contributed by atoms with Crippen molar-refractivity contribution in [3.8, 4) is 17.1 Å². The number of fused-ring (bicyclic) bond motifs is 6. The topological polar surface area (TPSA) is 265 Å². The number of aromatic amines is 3. The van der Waals surface area contributed by atoms with Gasteiger partial charge in [0.1, 0.15) is 41.3 Å². The van der Waals surface area contributed by atoms with Crippen LogP contribution in [0.15, 0.2) is 210 Å². The molecule has 92 heavy (non-hydrogen) atoms. The smallest absolute Gasteiger partial charge is 0.263 e. The van der Waals surface area contributed by atoms with E-state index in [2.05, 4.69) is 94.8 Å². The van der Waals surface area contributed by atoms with Crippen LogP contribution in [0.3, 0.4) is 0 Å². The van der Waals surface area contributed by atoms with Crippen molar-refractivity contribution >= 4 is 83.3 Å². The van der Waals surface area contributed by atoms with E-state index in [4.69, 9.17) is 0 Å². The number of H-pyrrole nitrogens is 3. The fourth-order valence-electron chi connectivity index (χ4n) is 11.8. The molecule has 3 unspecified atom stereocenters. The van der Waals surface area contributed by atoms with Gasteiger partial charge >= 0.3 is 0 Å². The maximum Gasteiger partial charge on any atom is 0.263 e. The van der Waals surface area contributed by atoms with Gasteiger partial charge in [-0.1, -0.05) is 97.9 Å². The lowest BCUT2D eigenvalue weighted by molar-refractivity contribution is 0.627. The van der Waals surface area contributed by atoms with Gasteiger partial charge in [0.2, 0.25) is 0 Å². The number of hydrogen-bond donors (Lipinski definition) is 6. The maximum atomic E-state index is 13.7. The molecule has 6 aromatic carbocycles. The van der Waals surface area contributed by atoms with Crippen molar-refractivity contribution in [2.24, 2.45) is 0 Å². The molecule has 0 spiro atoms.